The van der Waals surface area contributed by atoms with Crippen LogP contribution in [-0.2, 0) is 12.0 Å². The van der Waals surface area contributed by atoms with Crippen LogP contribution >= 0.6 is 0 Å². The molecule has 1 unspecified atom stereocenters. The molecule has 3 heteroatoms. The van der Waals surface area contributed by atoms with E-state index in [9.17, 15) is 5.11 Å². The fourth-order valence-electron chi connectivity index (χ4n) is 2.94. The second kappa shape index (κ2) is 4.28. The minimum absolute atomic E-state index is 0.659. The molecule has 3 nitrogen and oxygen atoms in total. The van der Waals surface area contributed by atoms with Gasteiger partial charge in [-0.2, -0.15) is 0 Å². The second-order valence-corrected chi connectivity index (χ2v) is 4.98. The summed E-state index contributed by atoms with van der Waals surface area (Å²) in [5.41, 5.74) is 8.45. The van der Waals surface area contributed by atoms with Crippen molar-refractivity contribution in [3.8, 4) is 5.75 Å². The normalized spacial score (nSPS) is 21.2. The van der Waals surface area contributed by atoms with Crippen molar-refractivity contribution >= 4 is 5.69 Å². The first-order valence-electron chi connectivity index (χ1n) is 6.40. The Balaban J connectivity index is 2.16. The molecule has 3 N–H and O–H groups in total. The predicted octanol–water partition coefficient (Wildman–Crippen LogP) is 2.46. The number of anilines is 1. The Labute approximate surface area is 112 Å². The van der Waals surface area contributed by atoms with Crippen molar-refractivity contribution in [1.29, 1.82) is 0 Å². The van der Waals surface area contributed by atoms with Gasteiger partial charge in [-0.1, -0.05) is 24.3 Å². The summed E-state index contributed by atoms with van der Waals surface area (Å²) in [5, 5.41) is 11.1. The summed E-state index contributed by atoms with van der Waals surface area (Å²) >= 11 is 0. The van der Waals surface area contributed by atoms with Crippen molar-refractivity contribution in [3.05, 3.63) is 59.2 Å². The molecule has 0 saturated heterocycles. The zero-order chi connectivity index (χ0) is 13.5. The molecule has 2 aromatic carbocycles. The summed E-state index contributed by atoms with van der Waals surface area (Å²) < 4.78 is 5.38. The number of ether oxygens (including phenoxy) is 1. The lowest BCUT2D eigenvalue weighted by Crippen LogP contribution is -2.24. The highest BCUT2D eigenvalue weighted by atomic mass is 16.5. The number of methoxy groups -OCH3 is 1. The van der Waals surface area contributed by atoms with Crippen LogP contribution in [-0.4, -0.2) is 12.2 Å². The van der Waals surface area contributed by atoms with Crippen LogP contribution in [0.5, 0.6) is 5.75 Å². The van der Waals surface area contributed by atoms with Gasteiger partial charge in [-0.15, -0.1) is 0 Å². The first-order chi connectivity index (χ1) is 9.15. The molecule has 0 spiro atoms. The average Bonchev–Trinajstić information content (AvgIpc) is 2.77. The SMILES string of the molecule is COc1ccccc1C1(O)CCc2cc(N)ccc21. The van der Waals surface area contributed by atoms with Gasteiger partial charge in [-0.25, -0.2) is 0 Å². The molecule has 19 heavy (non-hydrogen) atoms. The molecule has 0 aromatic heterocycles. The van der Waals surface area contributed by atoms with Crippen LogP contribution in [0, 0.1) is 0 Å². The van der Waals surface area contributed by atoms with Gasteiger partial charge in [0.05, 0.1) is 7.11 Å². The third kappa shape index (κ3) is 1.78. The topological polar surface area (TPSA) is 55.5 Å². The predicted molar refractivity (Wildman–Crippen MR) is 75.2 cm³/mol. The van der Waals surface area contributed by atoms with E-state index < -0.39 is 5.60 Å². The second-order valence-electron chi connectivity index (χ2n) is 4.98. The Bertz CT molecular complexity index is 624. The minimum Gasteiger partial charge on any atom is -0.496 e. The van der Waals surface area contributed by atoms with Crippen LogP contribution < -0.4 is 10.5 Å². The average molecular weight is 255 g/mol. The highest BCUT2D eigenvalue weighted by molar-refractivity contribution is 5.54. The van der Waals surface area contributed by atoms with Gasteiger partial charge < -0.3 is 15.6 Å². The molecule has 0 bridgehead atoms. The van der Waals surface area contributed by atoms with Crippen LogP contribution in [0.2, 0.25) is 0 Å². The molecule has 1 aliphatic rings. The molecule has 3 rings (SSSR count). The Morgan fingerprint density at radius 2 is 1.95 bits per heavy atom. The quantitative estimate of drug-likeness (QED) is 0.810. The Hall–Kier alpha value is -2.00. The van der Waals surface area contributed by atoms with Gasteiger partial charge in [0, 0.05) is 11.3 Å². The first kappa shape index (κ1) is 12.1. The fourth-order valence-corrected chi connectivity index (χ4v) is 2.94. The molecule has 0 saturated carbocycles. The van der Waals surface area contributed by atoms with E-state index in [1.807, 2.05) is 42.5 Å². The van der Waals surface area contributed by atoms with E-state index in [4.69, 9.17) is 10.5 Å². The molecule has 0 fully saturated rings. The van der Waals surface area contributed by atoms with E-state index in [0.29, 0.717) is 6.42 Å². The summed E-state index contributed by atoms with van der Waals surface area (Å²) in [6, 6.07) is 13.3. The van der Waals surface area contributed by atoms with Crippen molar-refractivity contribution in [1.82, 2.24) is 0 Å². The third-order valence-corrected chi connectivity index (χ3v) is 3.88. The number of benzene rings is 2. The molecule has 0 heterocycles. The van der Waals surface area contributed by atoms with E-state index >= 15 is 0 Å². The van der Waals surface area contributed by atoms with Crippen LogP contribution in [0.3, 0.4) is 0 Å². The lowest BCUT2D eigenvalue weighted by molar-refractivity contribution is 0.0800. The largest absolute Gasteiger partial charge is 0.496 e. The monoisotopic (exact) mass is 255 g/mol. The van der Waals surface area contributed by atoms with Crippen LogP contribution in [0.25, 0.3) is 0 Å². The van der Waals surface area contributed by atoms with Gasteiger partial charge in [-0.3, -0.25) is 0 Å². The summed E-state index contributed by atoms with van der Waals surface area (Å²) in [6.45, 7) is 0. The van der Waals surface area contributed by atoms with Crippen LogP contribution in [0.15, 0.2) is 42.5 Å². The number of para-hydroxylation sites is 1. The highest BCUT2D eigenvalue weighted by Crippen LogP contribution is 2.45. The number of nitrogens with two attached hydrogens (primary N) is 1. The van der Waals surface area contributed by atoms with E-state index in [-0.39, 0.29) is 0 Å². The Kier molecular flexibility index (Phi) is 2.72. The van der Waals surface area contributed by atoms with Crippen LogP contribution in [0.4, 0.5) is 5.69 Å². The maximum atomic E-state index is 11.1. The van der Waals surface area contributed by atoms with Gasteiger partial charge >= 0.3 is 0 Å². The molecule has 1 aliphatic carbocycles. The van der Waals surface area contributed by atoms with E-state index in [2.05, 4.69) is 0 Å². The molecule has 0 aliphatic heterocycles. The maximum absolute atomic E-state index is 11.1. The molecule has 0 radical (unpaired) electrons. The Morgan fingerprint density at radius 3 is 2.74 bits per heavy atom. The van der Waals surface area contributed by atoms with Gasteiger partial charge in [0.2, 0.25) is 0 Å². The van der Waals surface area contributed by atoms with Crippen molar-refractivity contribution in [2.24, 2.45) is 0 Å². The summed E-state index contributed by atoms with van der Waals surface area (Å²) in [6.07, 6.45) is 1.49. The van der Waals surface area contributed by atoms with E-state index in [1.165, 1.54) is 0 Å². The molecule has 0 amide bonds. The van der Waals surface area contributed by atoms with Crippen LogP contribution in [0.1, 0.15) is 23.1 Å². The lowest BCUT2D eigenvalue weighted by atomic mass is 9.87. The summed E-state index contributed by atoms with van der Waals surface area (Å²) in [4.78, 5) is 0. The smallest absolute Gasteiger partial charge is 0.125 e. The van der Waals surface area contributed by atoms with Gasteiger partial charge in [0.15, 0.2) is 0 Å². The number of fused-ring (bicyclic) bond motifs is 1. The van der Waals surface area contributed by atoms with Crippen molar-refractivity contribution in [2.75, 3.05) is 12.8 Å². The number of hydrogen-bond donors (Lipinski definition) is 2. The zero-order valence-corrected chi connectivity index (χ0v) is 10.9. The molecule has 1 atom stereocenters. The van der Waals surface area contributed by atoms with E-state index in [1.54, 1.807) is 7.11 Å². The van der Waals surface area contributed by atoms with Crippen molar-refractivity contribution in [2.45, 2.75) is 18.4 Å². The third-order valence-electron chi connectivity index (χ3n) is 3.88. The van der Waals surface area contributed by atoms with Gasteiger partial charge in [-0.05, 0) is 42.2 Å². The zero-order valence-electron chi connectivity index (χ0n) is 10.9. The highest BCUT2D eigenvalue weighted by Gasteiger charge is 2.40. The maximum Gasteiger partial charge on any atom is 0.125 e. The lowest BCUT2D eigenvalue weighted by Gasteiger charge is -2.26. The number of aliphatic hydroxyl groups is 1. The first-order valence-corrected chi connectivity index (χ1v) is 6.40. The van der Waals surface area contributed by atoms with Gasteiger partial charge in [0.25, 0.3) is 0 Å². The van der Waals surface area contributed by atoms with Crippen molar-refractivity contribution < 1.29 is 9.84 Å². The number of nitrogen functional groups attached to an aromatic ring is 1. The molecule has 98 valence electrons. The molecular formula is C16H17NO2. The molecular weight excluding hydrogens is 238 g/mol. The van der Waals surface area contributed by atoms with Crippen molar-refractivity contribution in [3.63, 3.8) is 0 Å². The fraction of sp³-hybridized carbons (Fsp3) is 0.250. The number of rotatable bonds is 2. The Morgan fingerprint density at radius 1 is 1.16 bits per heavy atom. The minimum atomic E-state index is -0.977. The number of aryl methyl sites for hydroxylation is 1. The van der Waals surface area contributed by atoms with Gasteiger partial charge in [0.1, 0.15) is 11.4 Å². The molecule has 2 aromatic rings. The number of hydrogen-bond acceptors (Lipinski definition) is 3. The standard InChI is InChI=1S/C16H17NO2/c1-19-15-5-3-2-4-14(15)16(18)9-8-11-10-12(17)6-7-13(11)16/h2-7,10,18H,8-9,17H2,1H3. The van der Waals surface area contributed by atoms with E-state index in [0.717, 1.165) is 34.5 Å². The summed E-state index contributed by atoms with van der Waals surface area (Å²) in [7, 11) is 1.63. The summed E-state index contributed by atoms with van der Waals surface area (Å²) in [5.74, 6) is 0.717.